The Kier molecular flexibility index (Phi) is 5.12. The summed E-state index contributed by atoms with van der Waals surface area (Å²) in [5.74, 6) is 0.616. The lowest BCUT2D eigenvalue weighted by Crippen LogP contribution is -2.36. The van der Waals surface area contributed by atoms with E-state index in [9.17, 15) is 9.32 Å². The van der Waals surface area contributed by atoms with Crippen LogP contribution in [0.5, 0.6) is 0 Å². The predicted octanol–water partition coefficient (Wildman–Crippen LogP) is 0.862. The number of aliphatic hydroxyl groups is 1. The van der Waals surface area contributed by atoms with Gasteiger partial charge in [0.1, 0.15) is 0 Å². The van der Waals surface area contributed by atoms with Gasteiger partial charge in [-0.3, -0.25) is 4.21 Å². The van der Waals surface area contributed by atoms with Crippen molar-refractivity contribution < 1.29 is 9.32 Å². The topological polar surface area (TPSA) is 49.3 Å². The lowest BCUT2D eigenvalue weighted by Gasteiger charge is -2.24. The van der Waals surface area contributed by atoms with Crippen LogP contribution in [0.25, 0.3) is 0 Å². The number of benzene rings is 1. The molecule has 0 radical (unpaired) electrons. The highest BCUT2D eigenvalue weighted by atomic mass is 32.2. The molecule has 0 saturated heterocycles. The molecule has 0 spiro atoms. The van der Waals surface area contributed by atoms with E-state index in [1.54, 1.807) is 13.2 Å². The summed E-state index contributed by atoms with van der Waals surface area (Å²) in [5, 5.41) is 13.3. The molecule has 90 valence electrons. The number of rotatable bonds is 6. The van der Waals surface area contributed by atoms with Gasteiger partial charge >= 0.3 is 0 Å². The Morgan fingerprint density at radius 2 is 2.00 bits per heavy atom. The van der Waals surface area contributed by atoms with Gasteiger partial charge in [-0.2, -0.15) is 0 Å². The van der Waals surface area contributed by atoms with Crippen molar-refractivity contribution in [3.63, 3.8) is 0 Å². The van der Waals surface area contributed by atoms with Crippen LogP contribution in [-0.4, -0.2) is 34.4 Å². The molecule has 0 aromatic heterocycles. The Hall–Kier alpha value is -0.710. The molecule has 0 saturated carbocycles. The highest BCUT2D eigenvalue weighted by Crippen LogP contribution is 2.18. The normalized spacial score (nSPS) is 16.7. The molecule has 1 aromatic rings. The lowest BCUT2D eigenvalue weighted by molar-refractivity contribution is 0.0577. The highest BCUT2D eigenvalue weighted by Gasteiger charge is 2.21. The molecule has 0 heterocycles. The smallest absolute Gasteiger partial charge is 0.0992 e. The zero-order chi connectivity index (χ0) is 12.0. The van der Waals surface area contributed by atoms with Gasteiger partial charge in [-0.15, -0.1) is 0 Å². The van der Waals surface area contributed by atoms with Crippen molar-refractivity contribution in [3.8, 4) is 0 Å². The van der Waals surface area contributed by atoms with Gasteiger partial charge < -0.3 is 10.4 Å². The number of nitrogens with one attached hydrogen (secondary N) is 1. The van der Waals surface area contributed by atoms with Gasteiger partial charge in [0.05, 0.1) is 5.60 Å². The van der Waals surface area contributed by atoms with E-state index in [1.165, 1.54) is 0 Å². The zero-order valence-electron chi connectivity index (χ0n) is 9.77. The van der Waals surface area contributed by atoms with Crippen LogP contribution in [0.4, 0.5) is 0 Å². The van der Waals surface area contributed by atoms with E-state index in [-0.39, 0.29) is 0 Å². The van der Waals surface area contributed by atoms with E-state index in [2.05, 4.69) is 5.32 Å². The molecule has 16 heavy (non-hydrogen) atoms. The van der Waals surface area contributed by atoms with Gasteiger partial charge in [0.25, 0.3) is 0 Å². The Balaban J connectivity index is 2.43. The molecule has 2 N–H and O–H groups in total. The summed E-state index contributed by atoms with van der Waals surface area (Å²) in [6, 6.07) is 9.54. The first-order valence-corrected chi connectivity index (χ1v) is 7.04. The first kappa shape index (κ1) is 13.4. The van der Waals surface area contributed by atoms with Crippen molar-refractivity contribution in [1.82, 2.24) is 5.32 Å². The maximum absolute atomic E-state index is 10.8. The van der Waals surface area contributed by atoms with Gasteiger partial charge in [0.2, 0.25) is 0 Å². The molecule has 3 nitrogen and oxygen atoms in total. The summed E-state index contributed by atoms with van der Waals surface area (Å²) in [4.78, 5) is 0. The van der Waals surface area contributed by atoms with Crippen LogP contribution in [0.2, 0.25) is 0 Å². The fraction of sp³-hybridized carbons (Fsp3) is 0.500. The van der Waals surface area contributed by atoms with Crippen LogP contribution in [0, 0.1) is 0 Å². The molecule has 0 bridgehead atoms. The molecule has 0 aliphatic rings. The summed E-state index contributed by atoms with van der Waals surface area (Å²) in [5.41, 5.74) is 0.0105. The monoisotopic (exact) mass is 241 g/mol. The first-order valence-electron chi connectivity index (χ1n) is 5.31. The molecular formula is C12H19NO2S. The Bertz CT molecular complexity index is 338. The lowest BCUT2D eigenvalue weighted by atomic mass is 9.96. The van der Waals surface area contributed by atoms with Crippen LogP contribution in [0.1, 0.15) is 12.5 Å². The standard InChI is InChI=1S/C12H19NO2S/c1-12(14,10-13-8-9-16(2)15)11-6-4-3-5-7-11/h3-7,13-14H,8-10H2,1-2H3. The van der Waals surface area contributed by atoms with Crippen molar-refractivity contribution in [1.29, 1.82) is 0 Å². The average Bonchev–Trinajstić information content (AvgIpc) is 2.26. The summed E-state index contributed by atoms with van der Waals surface area (Å²) in [6.07, 6.45) is 1.68. The molecule has 1 aromatic carbocycles. The molecular weight excluding hydrogens is 222 g/mol. The van der Waals surface area contributed by atoms with E-state index in [0.717, 1.165) is 5.56 Å². The summed E-state index contributed by atoms with van der Waals surface area (Å²) in [7, 11) is -0.782. The number of hydrogen-bond acceptors (Lipinski definition) is 3. The van der Waals surface area contributed by atoms with E-state index in [4.69, 9.17) is 0 Å². The Morgan fingerprint density at radius 1 is 1.38 bits per heavy atom. The number of hydrogen-bond donors (Lipinski definition) is 2. The third-order valence-electron chi connectivity index (χ3n) is 2.43. The SMILES string of the molecule is CS(=O)CCNCC(C)(O)c1ccccc1. The van der Waals surface area contributed by atoms with Crippen molar-refractivity contribution in [2.45, 2.75) is 12.5 Å². The van der Waals surface area contributed by atoms with Crippen LogP contribution in [0.15, 0.2) is 30.3 Å². The first-order chi connectivity index (χ1) is 7.52. The summed E-state index contributed by atoms with van der Waals surface area (Å²) < 4.78 is 10.8. The maximum atomic E-state index is 10.8. The van der Waals surface area contributed by atoms with Crippen molar-refractivity contribution in [2.75, 3.05) is 25.1 Å². The molecule has 0 fully saturated rings. The van der Waals surface area contributed by atoms with Crippen LogP contribution >= 0.6 is 0 Å². The Morgan fingerprint density at radius 3 is 2.56 bits per heavy atom. The van der Waals surface area contributed by atoms with Gasteiger partial charge in [0, 0.05) is 35.9 Å². The predicted molar refractivity (Wildman–Crippen MR) is 67.8 cm³/mol. The van der Waals surface area contributed by atoms with Gasteiger partial charge in [-0.25, -0.2) is 0 Å². The largest absolute Gasteiger partial charge is 0.384 e. The fourth-order valence-corrected chi connectivity index (χ4v) is 1.88. The average molecular weight is 241 g/mol. The minimum absolute atomic E-state index is 0.466. The van der Waals surface area contributed by atoms with Crippen LogP contribution < -0.4 is 5.32 Å². The van der Waals surface area contributed by atoms with Gasteiger partial charge in [-0.05, 0) is 12.5 Å². The van der Waals surface area contributed by atoms with E-state index < -0.39 is 16.4 Å². The molecule has 4 heteroatoms. The van der Waals surface area contributed by atoms with Gasteiger partial charge in [-0.1, -0.05) is 30.3 Å². The molecule has 0 amide bonds. The summed E-state index contributed by atoms with van der Waals surface area (Å²) >= 11 is 0. The second-order valence-corrected chi connectivity index (χ2v) is 5.65. The molecule has 1 rings (SSSR count). The van der Waals surface area contributed by atoms with E-state index in [0.29, 0.717) is 18.8 Å². The second-order valence-electron chi connectivity index (χ2n) is 4.09. The maximum Gasteiger partial charge on any atom is 0.0992 e. The third kappa shape index (κ3) is 4.43. The van der Waals surface area contributed by atoms with Gasteiger partial charge in [0.15, 0.2) is 0 Å². The zero-order valence-corrected chi connectivity index (χ0v) is 10.6. The van der Waals surface area contributed by atoms with Crippen molar-refractivity contribution in [2.24, 2.45) is 0 Å². The molecule has 2 atom stereocenters. The molecule has 0 aliphatic carbocycles. The third-order valence-corrected chi connectivity index (χ3v) is 3.21. The van der Waals surface area contributed by atoms with E-state index >= 15 is 0 Å². The Labute approximate surface area is 99.3 Å². The van der Waals surface area contributed by atoms with Crippen LogP contribution in [-0.2, 0) is 16.4 Å². The minimum atomic E-state index is -0.878. The summed E-state index contributed by atoms with van der Waals surface area (Å²) in [6.45, 7) is 2.90. The van der Waals surface area contributed by atoms with Crippen molar-refractivity contribution >= 4 is 10.8 Å². The van der Waals surface area contributed by atoms with Crippen LogP contribution in [0.3, 0.4) is 0 Å². The highest BCUT2D eigenvalue weighted by molar-refractivity contribution is 7.84. The minimum Gasteiger partial charge on any atom is -0.384 e. The quantitative estimate of drug-likeness (QED) is 0.726. The molecule has 2 unspecified atom stereocenters. The van der Waals surface area contributed by atoms with Crippen molar-refractivity contribution in [3.05, 3.63) is 35.9 Å². The second kappa shape index (κ2) is 6.13. The van der Waals surface area contributed by atoms with E-state index in [1.807, 2.05) is 30.3 Å². The fourth-order valence-electron chi connectivity index (χ4n) is 1.45. The molecule has 0 aliphatic heterocycles.